The van der Waals surface area contributed by atoms with Crippen molar-refractivity contribution in [2.24, 2.45) is 0 Å². The van der Waals surface area contributed by atoms with Crippen LogP contribution in [0.2, 0.25) is 0 Å². The van der Waals surface area contributed by atoms with Gasteiger partial charge in [0.15, 0.2) is 0 Å². The molecule has 0 saturated carbocycles. The standard InChI is InChI=1S/C11H21NO3S2/c1-2-3-4-7-12-10(13)5-8-16-17-9-6-11(14)15/h2-9H2,1H3,(H,12,13)(H,14,15). The van der Waals surface area contributed by atoms with Crippen LogP contribution in [-0.2, 0) is 9.59 Å². The Balaban J connectivity index is 3.19. The number of amides is 1. The lowest BCUT2D eigenvalue weighted by molar-refractivity contribution is -0.136. The third-order valence-corrected chi connectivity index (χ3v) is 4.41. The molecule has 6 heteroatoms. The van der Waals surface area contributed by atoms with Crippen LogP contribution in [0, 0.1) is 0 Å². The van der Waals surface area contributed by atoms with Gasteiger partial charge in [-0.1, -0.05) is 41.4 Å². The highest BCUT2D eigenvalue weighted by Gasteiger charge is 2.01. The highest BCUT2D eigenvalue weighted by molar-refractivity contribution is 8.76. The van der Waals surface area contributed by atoms with Crippen molar-refractivity contribution in [3.05, 3.63) is 0 Å². The van der Waals surface area contributed by atoms with E-state index in [1.54, 1.807) is 10.8 Å². The molecule has 1 amide bonds. The first-order valence-corrected chi connectivity index (χ1v) is 8.38. The van der Waals surface area contributed by atoms with Gasteiger partial charge in [-0.2, -0.15) is 0 Å². The van der Waals surface area contributed by atoms with Crippen LogP contribution in [-0.4, -0.2) is 35.0 Å². The lowest BCUT2D eigenvalue weighted by atomic mass is 10.2. The van der Waals surface area contributed by atoms with Gasteiger partial charge in [-0.3, -0.25) is 9.59 Å². The smallest absolute Gasteiger partial charge is 0.304 e. The van der Waals surface area contributed by atoms with Gasteiger partial charge in [0.05, 0.1) is 6.42 Å². The maximum atomic E-state index is 11.3. The lowest BCUT2D eigenvalue weighted by Gasteiger charge is -2.04. The van der Waals surface area contributed by atoms with E-state index in [2.05, 4.69) is 12.2 Å². The van der Waals surface area contributed by atoms with Crippen molar-refractivity contribution in [1.29, 1.82) is 0 Å². The van der Waals surface area contributed by atoms with E-state index < -0.39 is 5.97 Å². The molecule has 4 nitrogen and oxygen atoms in total. The molecule has 0 unspecified atom stereocenters. The first kappa shape index (κ1) is 16.6. The third kappa shape index (κ3) is 13.6. The largest absolute Gasteiger partial charge is 0.481 e. The van der Waals surface area contributed by atoms with Crippen LogP contribution < -0.4 is 5.32 Å². The topological polar surface area (TPSA) is 66.4 Å². The first-order valence-electron chi connectivity index (χ1n) is 5.89. The lowest BCUT2D eigenvalue weighted by Crippen LogP contribution is -2.24. The Morgan fingerprint density at radius 2 is 1.76 bits per heavy atom. The van der Waals surface area contributed by atoms with Crippen LogP contribution >= 0.6 is 21.6 Å². The minimum atomic E-state index is -0.772. The van der Waals surface area contributed by atoms with Gasteiger partial charge in [0, 0.05) is 24.5 Å². The van der Waals surface area contributed by atoms with Crippen molar-refractivity contribution < 1.29 is 14.7 Å². The summed E-state index contributed by atoms with van der Waals surface area (Å²) in [5.41, 5.74) is 0. The van der Waals surface area contributed by atoms with Gasteiger partial charge in [0.2, 0.25) is 5.91 Å². The monoisotopic (exact) mass is 279 g/mol. The van der Waals surface area contributed by atoms with E-state index in [-0.39, 0.29) is 12.3 Å². The van der Waals surface area contributed by atoms with Crippen molar-refractivity contribution in [1.82, 2.24) is 5.32 Å². The highest BCUT2D eigenvalue weighted by Crippen LogP contribution is 2.22. The summed E-state index contributed by atoms with van der Waals surface area (Å²) in [5, 5.41) is 11.3. The Labute approximate surface area is 111 Å². The van der Waals surface area contributed by atoms with Crippen molar-refractivity contribution in [3.63, 3.8) is 0 Å². The molecule has 0 fully saturated rings. The second kappa shape index (κ2) is 12.1. The molecule has 2 N–H and O–H groups in total. The van der Waals surface area contributed by atoms with E-state index in [0.717, 1.165) is 31.6 Å². The van der Waals surface area contributed by atoms with Gasteiger partial charge in [-0.05, 0) is 6.42 Å². The van der Waals surface area contributed by atoms with Gasteiger partial charge in [0.25, 0.3) is 0 Å². The fourth-order valence-corrected chi connectivity index (χ4v) is 3.04. The predicted octanol–water partition coefficient (Wildman–Crippen LogP) is 2.54. The zero-order chi connectivity index (χ0) is 12.9. The number of hydrogen-bond donors (Lipinski definition) is 2. The zero-order valence-corrected chi connectivity index (χ0v) is 11.9. The third-order valence-electron chi connectivity index (χ3n) is 2.00. The quantitative estimate of drug-likeness (QED) is 0.449. The fourth-order valence-electron chi connectivity index (χ4n) is 1.07. The molecular weight excluding hydrogens is 258 g/mol. The van der Waals surface area contributed by atoms with Crippen LogP contribution in [0.1, 0.15) is 39.0 Å². The molecule has 100 valence electrons. The molecule has 0 saturated heterocycles. The van der Waals surface area contributed by atoms with Crippen LogP contribution in [0.4, 0.5) is 0 Å². The molecule has 0 aromatic carbocycles. The van der Waals surface area contributed by atoms with Crippen molar-refractivity contribution in [2.45, 2.75) is 39.0 Å². The Hall–Kier alpha value is -0.360. The summed E-state index contributed by atoms with van der Waals surface area (Å²) in [4.78, 5) is 21.5. The summed E-state index contributed by atoms with van der Waals surface area (Å²) in [6.45, 7) is 2.90. The average Bonchev–Trinajstić information content (AvgIpc) is 2.29. The summed E-state index contributed by atoms with van der Waals surface area (Å²) >= 11 is 0. The first-order chi connectivity index (χ1) is 8.16. The molecule has 0 aliphatic heterocycles. The minimum absolute atomic E-state index is 0.0902. The number of carboxylic acid groups (broad SMARTS) is 1. The summed E-state index contributed by atoms with van der Waals surface area (Å²) in [6, 6.07) is 0. The number of aliphatic carboxylic acids is 1. The molecular formula is C11H21NO3S2. The molecule has 0 aliphatic carbocycles. The van der Waals surface area contributed by atoms with Crippen LogP contribution in [0.5, 0.6) is 0 Å². The Morgan fingerprint density at radius 3 is 2.35 bits per heavy atom. The molecule has 17 heavy (non-hydrogen) atoms. The molecule has 0 spiro atoms. The molecule has 0 atom stereocenters. The molecule has 0 heterocycles. The molecule has 0 aliphatic rings. The average molecular weight is 279 g/mol. The summed E-state index contributed by atoms with van der Waals surface area (Å²) in [7, 11) is 3.07. The second-order valence-corrected chi connectivity index (χ2v) is 6.30. The van der Waals surface area contributed by atoms with E-state index in [4.69, 9.17) is 5.11 Å². The Morgan fingerprint density at radius 1 is 1.12 bits per heavy atom. The van der Waals surface area contributed by atoms with Crippen molar-refractivity contribution in [2.75, 3.05) is 18.1 Å². The van der Waals surface area contributed by atoms with Gasteiger partial charge >= 0.3 is 5.97 Å². The van der Waals surface area contributed by atoms with Gasteiger partial charge in [0.1, 0.15) is 0 Å². The SMILES string of the molecule is CCCCCNC(=O)CCSSCCC(=O)O. The Kier molecular flexibility index (Phi) is 11.8. The number of rotatable bonds is 11. The molecule has 0 bridgehead atoms. The molecule has 0 radical (unpaired) electrons. The summed E-state index contributed by atoms with van der Waals surface area (Å²) in [6.07, 6.45) is 4.05. The number of carbonyl (C=O) groups excluding carboxylic acids is 1. The van der Waals surface area contributed by atoms with Crippen LogP contribution in [0.25, 0.3) is 0 Å². The normalized spacial score (nSPS) is 10.2. The maximum Gasteiger partial charge on any atom is 0.304 e. The summed E-state index contributed by atoms with van der Waals surface area (Å²) < 4.78 is 0. The van der Waals surface area contributed by atoms with E-state index >= 15 is 0 Å². The van der Waals surface area contributed by atoms with E-state index in [0.29, 0.717) is 12.2 Å². The zero-order valence-electron chi connectivity index (χ0n) is 10.2. The number of hydrogen-bond acceptors (Lipinski definition) is 4. The highest BCUT2D eigenvalue weighted by atomic mass is 33.1. The minimum Gasteiger partial charge on any atom is -0.481 e. The molecule has 0 rings (SSSR count). The number of carboxylic acids is 1. The molecule has 0 aromatic rings. The fraction of sp³-hybridized carbons (Fsp3) is 0.818. The maximum absolute atomic E-state index is 11.3. The van der Waals surface area contributed by atoms with Crippen molar-refractivity contribution >= 4 is 33.5 Å². The van der Waals surface area contributed by atoms with Gasteiger partial charge < -0.3 is 10.4 Å². The van der Waals surface area contributed by atoms with Crippen LogP contribution in [0.15, 0.2) is 0 Å². The van der Waals surface area contributed by atoms with Crippen molar-refractivity contribution in [3.8, 4) is 0 Å². The predicted molar refractivity (Wildman–Crippen MR) is 74.3 cm³/mol. The number of nitrogens with one attached hydrogen (secondary N) is 1. The van der Waals surface area contributed by atoms with Gasteiger partial charge in [-0.15, -0.1) is 0 Å². The Bertz CT molecular complexity index is 225. The van der Waals surface area contributed by atoms with Crippen LogP contribution in [0.3, 0.4) is 0 Å². The van der Waals surface area contributed by atoms with E-state index in [1.807, 2.05) is 0 Å². The van der Waals surface area contributed by atoms with Gasteiger partial charge in [-0.25, -0.2) is 0 Å². The molecule has 0 aromatic heterocycles. The second-order valence-electron chi connectivity index (χ2n) is 3.59. The number of unbranched alkanes of at least 4 members (excludes halogenated alkanes) is 2. The number of carbonyl (C=O) groups is 2. The summed E-state index contributed by atoms with van der Waals surface area (Å²) in [5.74, 6) is 0.654. The van der Waals surface area contributed by atoms with E-state index in [1.165, 1.54) is 10.8 Å². The van der Waals surface area contributed by atoms with E-state index in [9.17, 15) is 9.59 Å².